The van der Waals surface area contributed by atoms with Gasteiger partial charge in [-0.25, -0.2) is 4.39 Å². The minimum atomic E-state index is -0.200. The Morgan fingerprint density at radius 3 is 2.72 bits per heavy atom. The molecule has 0 fully saturated rings. The van der Waals surface area contributed by atoms with Gasteiger partial charge in [0, 0.05) is 17.0 Å². The lowest BCUT2D eigenvalue weighted by atomic mass is 10.1. The van der Waals surface area contributed by atoms with Crippen molar-refractivity contribution in [1.82, 2.24) is 5.32 Å². The van der Waals surface area contributed by atoms with E-state index in [4.69, 9.17) is 0 Å². The zero-order chi connectivity index (χ0) is 13.5. The summed E-state index contributed by atoms with van der Waals surface area (Å²) in [7, 11) is 1.99. The van der Waals surface area contributed by atoms with Crippen molar-refractivity contribution in [3.05, 3.63) is 34.1 Å². The number of likely N-dealkylation sites (N-methyl/N-ethyl adjacent to an activating group) is 1. The third kappa shape index (κ3) is 5.29. The molecule has 2 atom stereocenters. The molecular weight excluding hydrogens is 313 g/mol. The number of hydrogen-bond donors (Lipinski definition) is 1. The van der Waals surface area contributed by atoms with Crippen LogP contribution in [0.2, 0.25) is 0 Å². The molecule has 1 aromatic carbocycles. The monoisotopic (exact) mass is 333 g/mol. The predicted molar refractivity (Wildman–Crippen MR) is 82.9 cm³/mol. The van der Waals surface area contributed by atoms with E-state index in [2.05, 4.69) is 35.1 Å². The van der Waals surface area contributed by atoms with E-state index in [0.29, 0.717) is 15.8 Å². The molecule has 0 amide bonds. The smallest absolute Gasteiger partial charge is 0.137 e. The van der Waals surface area contributed by atoms with Crippen LogP contribution >= 0.6 is 27.7 Å². The van der Waals surface area contributed by atoms with Gasteiger partial charge >= 0.3 is 0 Å². The summed E-state index contributed by atoms with van der Waals surface area (Å²) in [5.41, 5.74) is 1.16. The van der Waals surface area contributed by atoms with E-state index in [1.165, 1.54) is 12.5 Å². The summed E-state index contributed by atoms with van der Waals surface area (Å²) in [5.74, 6) is 0.884. The lowest BCUT2D eigenvalue weighted by Crippen LogP contribution is -2.30. The van der Waals surface area contributed by atoms with Gasteiger partial charge in [-0.3, -0.25) is 0 Å². The van der Waals surface area contributed by atoms with Crippen LogP contribution in [0.4, 0.5) is 4.39 Å². The minimum absolute atomic E-state index is 0.200. The number of thioether (sulfide) groups is 1. The SMILES string of the molecule is CCC(C)SCC(Cc1ccc(F)c(Br)c1)NC. The highest BCUT2D eigenvalue weighted by Gasteiger charge is 2.10. The van der Waals surface area contributed by atoms with Gasteiger partial charge in [-0.15, -0.1) is 0 Å². The van der Waals surface area contributed by atoms with Crippen molar-refractivity contribution >= 4 is 27.7 Å². The largest absolute Gasteiger partial charge is 0.316 e. The second kappa shape index (κ2) is 8.18. The van der Waals surface area contributed by atoms with Crippen molar-refractivity contribution < 1.29 is 4.39 Å². The summed E-state index contributed by atoms with van der Waals surface area (Å²) in [6.07, 6.45) is 2.13. The van der Waals surface area contributed by atoms with Gasteiger partial charge in [0.1, 0.15) is 5.82 Å². The Morgan fingerprint density at radius 2 is 2.17 bits per heavy atom. The first-order valence-corrected chi connectivity index (χ1v) is 8.13. The second-order valence-electron chi connectivity index (χ2n) is 4.49. The Hall–Kier alpha value is -0.0600. The van der Waals surface area contributed by atoms with Gasteiger partial charge < -0.3 is 5.32 Å². The molecule has 0 radical (unpaired) electrons. The fraction of sp³-hybridized carbons (Fsp3) is 0.571. The summed E-state index contributed by atoms with van der Waals surface area (Å²) >= 11 is 5.22. The van der Waals surface area contributed by atoms with Crippen LogP contribution in [0.1, 0.15) is 25.8 Å². The minimum Gasteiger partial charge on any atom is -0.316 e. The highest BCUT2D eigenvalue weighted by molar-refractivity contribution is 9.10. The van der Waals surface area contributed by atoms with Crippen molar-refractivity contribution in [2.75, 3.05) is 12.8 Å². The summed E-state index contributed by atoms with van der Waals surface area (Å²) in [6, 6.07) is 5.68. The Labute approximate surface area is 122 Å². The van der Waals surface area contributed by atoms with Crippen LogP contribution in [-0.2, 0) is 6.42 Å². The first-order valence-electron chi connectivity index (χ1n) is 6.29. The fourth-order valence-electron chi connectivity index (χ4n) is 1.59. The van der Waals surface area contributed by atoms with Gasteiger partial charge in [0.25, 0.3) is 0 Å². The molecular formula is C14H21BrFNS. The normalized spacial score (nSPS) is 14.5. The number of rotatable bonds is 7. The third-order valence-electron chi connectivity index (χ3n) is 3.03. The summed E-state index contributed by atoms with van der Waals surface area (Å²) < 4.78 is 13.7. The molecule has 2 unspecified atom stereocenters. The predicted octanol–water partition coefficient (Wildman–Crippen LogP) is 4.25. The average Bonchev–Trinajstić information content (AvgIpc) is 2.38. The molecule has 0 aliphatic carbocycles. The zero-order valence-corrected chi connectivity index (χ0v) is 13.6. The number of nitrogens with one attached hydrogen (secondary N) is 1. The van der Waals surface area contributed by atoms with Crippen LogP contribution in [0.15, 0.2) is 22.7 Å². The van der Waals surface area contributed by atoms with Crippen LogP contribution in [0.5, 0.6) is 0 Å². The molecule has 1 aromatic rings. The molecule has 0 bridgehead atoms. The first kappa shape index (κ1) is 16.0. The van der Waals surface area contributed by atoms with E-state index in [-0.39, 0.29) is 5.82 Å². The van der Waals surface area contributed by atoms with Crippen molar-refractivity contribution in [3.8, 4) is 0 Å². The fourth-order valence-corrected chi connectivity index (χ4v) is 3.10. The topological polar surface area (TPSA) is 12.0 Å². The zero-order valence-electron chi connectivity index (χ0n) is 11.2. The van der Waals surface area contributed by atoms with Gasteiger partial charge in [-0.2, -0.15) is 11.8 Å². The van der Waals surface area contributed by atoms with E-state index in [1.807, 2.05) is 30.9 Å². The highest BCUT2D eigenvalue weighted by Crippen LogP contribution is 2.20. The molecule has 0 spiro atoms. The first-order chi connectivity index (χ1) is 8.56. The lowest BCUT2D eigenvalue weighted by Gasteiger charge is -2.18. The highest BCUT2D eigenvalue weighted by atomic mass is 79.9. The van der Waals surface area contributed by atoms with E-state index < -0.39 is 0 Å². The van der Waals surface area contributed by atoms with E-state index in [0.717, 1.165) is 17.7 Å². The van der Waals surface area contributed by atoms with Crippen LogP contribution in [-0.4, -0.2) is 24.1 Å². The molecule has 0 aromatic heterocycles. The van der Waals surface area contributed by atoms with Crippen LogP contribution in [0.25, 0.3) is 0 Å². The molecule has 0 aliphatic rings. The van der Waals surface area contributed by atoms with Crippen LogP contribution in [0.3, 0.4) is 0 Å². The van der Waals surface area contributed by atoms with E-state index in [1.54, 1.807) is 0 Å². The van der Waals surface area contributed by atoms with Crippen LogP contribution < -0.4 is 5.32 Å². The quantitative estimate of drug-likeness (QED) is 0.800. The van der Waals surface area contributed by atoms with Crippen molar-refractivity contribution in [1.29, 1.82) is 0 Å². The van der Waals surface area contributed by atoms with Crippen molar-refractivity contribution in [3.63, 3.8) is 0 Å². The summed E-state index contributed by atoms with van der Waals surface area (Å²) in [4.78, 5) is 0. The average molecular weight is 334 g/mol. The van der Waals surface area contributed by atoms with Gasteiger partial charge in [0.2, 0.25) is 0 Å². The summed E-state index contributed by atoms with van der Waals surface area (Å²) in [6.45, 7) is 4.47. The Balaban J connectivity index is 2.54. The number of hydrogen-bond acceptors (Lipinski definition) is 2. The second-order valence-corrected chi connectivity index (χ2v) is 6.82. The molecule has 0 heterocycles. The molecule has 1 rings (SSSR count). The van der Waals surface area contributed by atoms with Gasteiger partial charge in [-0.1, -0.05) is 19.9 Å². The lowest BCUT2D eigenvalue weighted by molar-refractivity contribution is 0.605. The molecule has 0 saturated carbocycles. The van der Waals surface area contributed by atoms with Crippen LogP contribution in [0, 0.1) is 5.82 Å². The molecule has 18 heavy (non-hydrogen) atoms. The van der Waals surface area contributed by atoms with Gasteiger partial charge in [0.05, 0.1) is 4.47 Å². The number of benzene rings is 1. The Morgan fingerprint density at radius 1 is 1.44 bits per heavy atom. The standard InChI is InChI=1S/C14H21BrFNS/c1-4-10(2)18-9-12(17-3)7-11-5-6-14(16)13(15)8-11/h5-6,8,10,12,17H,4,7,9H2,1-3H3. The molecule has 1 nitrogen and oxygen atoms in total. The van der Waals surface area contributed by atoms with Gasteiger partial charge in [0.15, 0.2) is 0 Å². The van der Waals surface area contributed by atoms with Gasteiger partial charge in [-0.05, 0) is 53.5 Å². The molecule has 0 aliphatic heterocycles. The molecule has 4 heteroatoms. The Kier molecular flexibility index (Phi) is 7.27. The Bertz CT molecular complexity index is 373. The maximum absolute atomic E-state index is 13.2. The van der Waals surface area contributed by atoms with Crippen molar-refractivity contribution in [2.45, 2.75) is 38.0 Å². The van der Waals surface area contributed by atoms with Crippen molar-refractivity contribution in [2.24, 2.45) is 0 Å². The maximum atomic E-state index is 13.2. The molecule has 102 valence electrons. The van der Waals surface area contributed by atoms with E-state index >= 15 is 0 Å². The maximum Gasteiger partial charge on any atom is 0.137 e. The van der Waals surface area contributed by atoms with E-state index in [9.17, 15) is 4.39 Å². The number of halogens is 2. The molecule has 0 saturated heterocycles. The summed E-state index contributed by atoms with van der Waals surface area (Å²) in [5, 5.41) is 4.03. The molecule has 1 N–H and O–H groups in total. The third-order valence-corrected chi connectivity index (χ3v) is 5.14.